The number of hydrogen-bond donors (Lipinski definition) is 1. The molecule has 3 nitrogen and oxygen atoms in total. The lowest BCUT2D eigenvalue weighted by atomic mass is 9.72. The first-order valence-electron chi connectivity index (χ1n) is 6.64. The Hall–Kier alpha value is -0.570. The van der Waals surface area contributed by atoms with Gasteiger partial charge in [-0.1, -0.05) is 13.3 Å². The molecule has 1 saturated carbocycles. The van der Waals surface area contributed by atoms with Gasteiger partial charge in [0.05, 0.1) is 5.92 Å². The lowest BCUT2D eigenvalue weighted by Crippen LogP contribution is -2.46. The minimum Gasteiger partial charge on any atom is -0.481 e. The summed E-state index contributed by atoms with van der Waals surface area (Å²) in [6.45, 7) is 5.72. The zero-order valence-corrected chi connectivity index (χ0v) is 10.2. The molecule has 2 bridgehead atoms. The average molecular weight is 225 g/mol. The highest BCUT2D eigenvalue weighted by Gasteiger charge is 2.37. The van der Waals surface area contributed by atoms with Gasteiger partial charge in [-0.25, -0.2) is 0 Å². The third kappa shape index (κ3) is 2.76. The molecular formula is C13H23NO2. The van der Waals surface area contributed by atoms with Crippen molar-refractivity contribution in [2.24, 2.45) is 17.8 Å². The van der Waals surface area contributed by atoms with E-state index in [9.17, 15) is 4.79 Å². The molecule has 0 spiro atoms. The van der Waals surface area contributed by atoms with Gasteiger partial charge in [-0.05, 0) is 44.1 Å². The van der Waals surface area contributed by atoms with Crippen LogP contribution in [0.2, 0.25) is 0 Å². The maximum Gasteiger partial charge on any atom is 0.306 e. The second-order valence-corrected chi connectivity index (χ2v) is 5.59. The number of nitrogens with zero attached hydrogens (tertiary/aromatic N) is 1. The van der Waals surface area contributed by atoms with Crippen molar-refractivity contribution in [2.45, 2.75) is 39.0 Å². The number of rotatable bonds is 4. The summed E-state index contributed by atoms with van der Waals surface area (Å²) in [6.07, 6.45) is 5.63. The summed E-state index contributed by atoms with van der Waals surface area (Å²) in [5, 5.41) is 9.09. The Balaban J connectivity index is 1.87. The van der Waals surface area contributed by atoms with E-state index in [-0.39, 0.29) is 5.92 Å². The molecule has 2 fully saturated rings. The zero-order valence-electron chi connectivity index (χ0n) is 10.2. The molecule has 0 aromatic carbocycles. The molecule has 0 aromatic rings. The molecule has 0 amide bonds. The molecule has 16 heavy (non-hydrogen) atoms. The fourth-order valence-corrected chi connectivity index (χ4v) is 3.43. The summed E-state index contributed by atoms with van der Waals surface area (Å²) < 4.78 is 0. The number of fused-ring (bicyclic) bond motifs is 2. The van der Waals surface area contributed by atoms with E-state index in [2.05, 4.69) is 11.8 Å². The van der Waals surface area contributed by atoms with Gasteiger partial charge in [0.2, 0.25) is 0 Å². The number of unbranched alkanes of at least 4 members (excludes halogenated alkanes) is 1. The SMILES string of the molecule is CCCCN1CC2CC(CC(C(=O)O)C2)C1. The van der Waals surface area contributed by atoms with Crippen LogP contribution in [0.3, 0.4) is 0 Å². The standard InChI is InChI=1S/C13H23NO2/c1-2-3-4-14-8-10-5-11(9-14)7-12(6-10)13(15)16/h10-12H,2-9H2,1H3,(H,15,16). The molecule has 92 valence electrons. The normalized spacial score (nSPS) is 34.9. The molecule has 2 unspecified atom stereocenters. The van der Waals surface area contributed by atoms with E-state index in [4.69, 9.17) is 5.11 Å². The van der Waals surface area contributed by atoms with Crippen LogP contribution in [0.25, 0.3) is 0 Å². The Kier molecular flexibility index (Phi) is 3.85. The number of carboxylic acids is 1. The summed E-state index contributed by atoms with van der Waals surface area (Å²) in [5.74, 6) is 0.657. The van der Waals surface area contributed by atoms with Gasteiger partial charge in [0, 0.05) is 13.1 Å². The molecule has 1 heterocycles. The molecule has 2 atom stereocenters. The van der Waals surface area contributed by atoms with Crippen LogP contribution in [0, 0.1) is 17.8 Å². The van der Waals surface area contributed by atoms with Crippen LogP contribution in [0.1, 0.15) is 39.0 Å². The number of carboxylic acid groups (broad SMARTS) is 1. The summed E-state index contributed by atoms with van der Waals surface area (Å²) in [6, 6.07) is 0. The van der Waals surface area contributed by atoms with Crippen LogP contribution >= 0.6 is 0 Å². The molecule has 2 aliphatic rings. The minimum atomic E-state index is -0.572. The van der Waals surface area contributed by atoms with E-state index in [1.807, 2.05) is 0 Å². The van der Waals surface area contributed by atoms with Crippen LogP contribution in [0.15, 0.2) is 0 Å². The molecule has 0 radical (unpaired) electrons. The third-order valence-corrected chi connectivity index (χ3v) is 4.11. The van der Waals surface area contributed by atoms with Crippen LogP contribution in [-0.4, -0.2) is 35.6 Å². The Bertz CT molecular complexity index is 240. The van der Waals surface area contributed by atoms with Gasteiger partial charge in [0.1, 0.15) is 0 Å². The molecule has 2 rings (SSSR count). The smallest absolute Gasteiger partial charge is 0.306 e. The largest absolute Gasteiger partial charge is 0.481 e. The highest BCUT2D eigenvalue weighted by Crippen LogP contribution is 2.37. The highest BCUT2D eigenvalue weighted by atomic mass is 16.4. The average Bonchev–Trinajstić information content (AvgIpc) is 2.25. The molecular weight excluding hydrogens is 202 g/mol. The van der Waals surface area contributed by atoms with E-state index >= 15 is 0 Å². The topological polar surface area (TPSA) is 40.5 Å². The van der Waals surface area contributed by atoms with Crippen molar-refractivity contribution in [1.29, 1.82) is 0 Å². The van der Waals surface area contributed by atoms with Gasteiger partial charge in [-0.3, -0.25) is 4.79 Å². The Morgan fingerprint density at radius 2 is 1.88 bits per heavy atom. The van der Waals surface area contributed by atoms with Crippen LogP contribution in [-0.2, 0) is 4.79 Å². The van der Waals surface area contributed by atoms with Gasteiger partial charge in [-0.2, -0.15) is 0 Å². The van der Waals surface area contributed by atoms with Gasteiger partial charge >= 0.3 is 5.97 Å². The Labute approximate surface area is 97.8 Å². The molecule has 1 N–H and O–H groups in total. The summed E-state index contributed by atoms with van der Waals surface area (Å²) in [4.78, 5) is 13.6. The van der Waals surface area contributed by atoms with Crippen molar-refractivity contribution in [3.05, 3.63) is 0 Å². The molecule has 1 saturated heterocycles. The van der Waals surface area contributed by atoms with E-state index in [1.54, 1.807) is 0 Å². The summed E-state index contributed by atoms with van der Waals surface area (Å²) >= 11 is 0. The summed E-state index contributed by atoms with van der Waals surface area (Å²) in [7, 11) is 0. The van der Waals surface area contributed by atoms with Gasteiger partial charge in [0.15, 0.2) is 0 Å². The van der Waals surface area contributed by atoms with Crippen molar-refractivity contribution in [3.63, 3.8) is 0 Å². The fraction of sp³-hybridized carbons (Fsp3) is 0.923. The van der Waals surface area contributed by atoms with Crippen LogP contribution in [0.4, 0.5) is 0 Å². The van der Waals surface area contributed by atoms with Crippen molar-refractivity contribution < 1.29 is 9.90 Å². The zero-order chi connectivity index (χ0) is 11.5. The predicted molar refractivity (Wildman–Crippen MR) is 63.3 cm³/mol. The van der Waals surface area contributed by atoms with Crippen molar-refractivity contribution >= 4 is 5.97 Å². The number of carbonyl (C=O) groups is 1. The quantitative estimate of drug-likeness (QED) is 0.797. The fourth-order valence-electron chi connectivity index (χ4n) is 3.43. The van der Waals surface area contributed by atoms with E-state index in [1.165, 1.54) is 25.8 Å². The number of hydrogen-bond acceptors (Lipinski definition) is 2. The van der Waals surface area contributed by atoms with E-state index in [0.29, 0.717) is 11.8 Å². The number of likely N-dealkylation sites (tertiary alicyclic amines) is 1. The van der Waals surface area contributed by atoms with Gasteiger partial charge in [0.25, 0.3) is 0 Å². The van der Waals surface area contributed by atoms with Crippen LogP contribution in [0.5, 0.6) is 0 Å². The van der Waals surface area contributed by atoms with Crippen molar-refractivity contribution in [2.75, 3.05) is 19.6 Å². The minimum absolute atomic E-state index is 0.0583. The van der Waals surface area contributed by atoms with E-state index in [0.717, 1.165) is 25.9 Å². The Morgan fingerprint density at radius 3 is 2.38 bits per heavy atom. The maximum atomic E-state index is 11.0. The lowest BCUT2D eigenvalue weighted by molar-refractivity contribution is -0.145. The van der Waals surface area contributed by atoms with Crippen molar-refractivity contribution in [1.82, 2.24) is 4.90 Å². The van der Waals surface area contributed by atoms with E-state index < -0.39 is 5.97 Å². The maximum absolute atomic E-state index is 11.0. The second-order valence-electron chi connectivity index (χ2n) is 5.59. The van der Waals surface area contributed by atoms with Gasteiger partial charge in [-0.15, -0.1) is 0 Å². The number of aliphatic carboxylic acids is 1. The monoisotopic (exact) mass is 225 g/mol. The van der Waals surface area contributed by atoms with Gasteiger partial charge < -0.3 is 10.0 Å². The molecule has 0 aromatic heterocycles. The second kappa shape index (κ2) is 5.17. The predicted octanol–water partition coefficient (Wildman–Crippen LogP) is 2.22. The third-order valence-electron chi connectivity index (χ3n) is 4.11. The highest BCUT2D eigenvalue weighted by molar-refractivity contribution is 5.70. The van der Waals surface area contributed by atoms with Crippen molar-refractivity contribution in [3.8, 4) is 0 Å². The number of piperidine rings is 1. The molecule has 1 aliphatic carbocycles. The lowest BCUT2D eigenvalue weighted by Gasteiger charge is -2.43. The molecule has 1 aliphatic heterocycles. The molecule has 3 heteroatoms. The Morgan fingerprint density at radius 1 is 1.25 bits per heavy atom. The first-order chi connectivity index (χ1) is 7.69. The first-order valence-corrected chi connectivity index (χ1v) is 6.64. The summed E-state index contributed by atoms with van der Waals surface area (Å²) in [5.41, 5.74) is 0. The van der Waals surface area contributed by atoms with Crippen LogP contribution < -0.4 is 0 Å². The first kappa shape index (κ1) is 11.9.